The first-order chi connectivity index (χ1) is 14.9. The zero-order chi connectivity index (χ0) is 24.4. The summed E-state index contributed by atoms with van der Waals surface area (Å²) in [4.78, 5) is 49.1. The number of aromatic hydroxyl groups is 1. The van der Waals surface area contributed by atoms with Gasteiger partial charge in [-0.1, -0.05) is 39.8 Å². The topological polar surface area (TPSA) is 171 Å². The molecule has 0 fully saturated rings. The van der Waals surface area contributed by atoms with Crippen molar-refractivity contribution in [3.05, 3.63) is 29.8 Å². The summed E-state index contributed by atoms with van der Waals surface area (Å²) < 4.78 is 0. The van der Waals surface area contributed by atoms with E-state index in [1.807, 2.05) is 13.8 Å². The summed E-state index contributed by atoms with van der Waals surface area (Å²) in [6.45, 7) is 6.96. The maximum absolute atomic E-state index is 12.9. The Balaban J connectivity index is 2.96. The van der Waals surface area contributed by atoms with Gasteiger partial charge < -0.3 is 31.9 Å². The van der Waals surface area contributed by atoms with Crippen molar-refractivity contribution >= 4 is 23.7 Å². The lowest BCUT2D eigenvalue weighted by molar-refractivity contribution is -0.142. The van der Waals surface area contributed by atoms with E-state index in [2.05, 4.69) is 16.0 Å². The molecule has 7 N–H and O–H groups in total. The summed E-state index contributed by atoms with van der Waals surface area (Å²) in [5, 5.41) is 26.6. The standard InChI is InChI=1S/C22H34N4O6/c1-12(2)9-16(24-21(30)19(13(3)4)26-18(28)11-23)20(29)25-17(22(31)32)10-14-5-7-15(27)8-6-14/h5-8,12-13,16-17,19,27H,9-11,23H2,1-4H3,(H,24,30)(H,25,29)(H,26,28)(H,31,32). The highest BCUT2D eigenvalue weighted by atomic mass is 16.4. The van der Waals surface area contributed by atoms with Crippen LogP contribution >= 0.6 is 0 Å². The van der Waals surface area contributed by atoms with Crippen LogP contribution < -0.4 is 21.7 Å². The molecule has 0 radical (unpaired) electrons. The normalized spacial score (nSPS) is 13.8. The van der Waals surface area contributed by atoms with E-state index < -0.39 is 41.8 Å². The molecule has 1 rings (SSSR count). The Morgan fingerprint density at radius 1 is 0.906 bits per heavy atom. The Morgan fingerprint density at radius 3 is 1.94 bits per heavy atom. The van der Waals surface area contributed by atoms with Crippen LogP contribution in [0.3, 0.4) is 0 Å². The largest absolute Gasteiger partial charge is 0.508 e. The van der Waals surface area contributed by atoms with Crippen molar-refractivity contribution < 1.29 is 29.4 Å². The van der Waals surface area contributed by atoms with Gasteiger partial charge in [0.15, 0.2) is 0 Å². The predicted octanol–water partition coefficient (Wildman–Crippen LogP) is 0.135. The van der Waals surface area contributed by atoms with Gasteiger partial charge >= 0.3 is 5.97 Å². The van der Waals surface area contributed by atoms with E-state index in [4.69, 9.17) is 5.73 Å². The highest BCUT2D eigenvalue weighted by Gasteiger charge is 2.31. The molecule has 0 aromatic heterocycles. The molecule has 3 atom stereocenters. The van der Waals surface area contributed by atoms with E-state index in [0.717, 1.165) is 0 Å². The van der Waals surface area contributed by atoms with Gasteiger partial charge in [-0.15, -0.1) is 0 Å². The molecule has 0 heterocycles. The van der Waals surface area contributed by atoms with Crippen LogP contribution in [0.4, 0.5) is 0 Å². The fourth-order valence-electron chi connectivity index (χ4n) is 3.07. The Labute approximate surface area is 187 Å². The summed E-state index contributed by atoms with van der Waals surface area (Å²) in [7, 11) is 0. The molecule has 1 aromatic carbocycles. The van der Waals surface area contributed by atoms with Gasteiger partial charge in [0.2, 0.25) is 17.7 Å². The average Bonchev–Trinajstić information content (AvgIpc) is 2.71. The van der Waals surface area contributed by atoms with E-state index >= 15 is 0 Å². The summed E-state index contributed by atoms with van der Waals surface area (Å²) >= 11 is 0. The molecule has 10 nitrogen and oxygen atoms in total. The Kier molecular flexibility index (Phi) is 10.6. The van der Waals surface area contributed by atoms with Crippen molar-refractivity contribution in [3.63, 3.8) is 0 Å². The zero-order valence-electron chi connectivity index (χ0n) is 18.9. The number of benzene rings is 1. The third kappa shape index (κ3) is 8.93. The molecule has 3 amide bonds. The minimum absolute atomic E-state index is 0.00484. The Bertz CT molecular complexity index is 794. The maximum atomic E-state index is 12.9. The summed E-state index contributed by atoms with van der Waals surface area (Å²) in [6, 6.07) is 2.90. The lowest BCUT2D eigenvalue weighted by Gasteiger charge is -2.27. The van der Waals surface area contributed by atoms with E-state index in [1.165, 1.54) is 12.1 Å². The molecule has 0 spiro atoms. The highest BCUT2D eigenvalue weighted by molar-refractivity contribution is 5.93. The van der Waals surface area contributed by atoms with Crippen LogP contribution in [-0.4, -0.2) is 58.6 Å². The number of carbonyl (C=O) groups is 4. The third-order valence-corrected chi connectivity index (χ3v) is 4.78. The number of carboxylic acid groups (broad SMARTS) is 1. The lowest BCUT2D eigenvalue weighted by atomic mass is 9.99. The molecule has 10 heteroatoms. The molecule has 0 aliphatic carbocycles. The van der Waals surface area contributed by atoms with Crippen molar-refractivity contribution in [2.75, 3.05) is 6.54 Å². The molecular weight excluding hydrogens is 416 g/mol. The van der Waals surface area contributed by atoms with Gasteiger partial charge in [0.25, 0.3) is 0 Å². The number of phenolic OH excluding ortho intramolecular Hbond substituents is 1. The van der Waals surface area contributed by atoms with Crippen LogP contribution in [-0.2, 0) is 25.6 Å². The lowest BCUT2D eigenvalue weighted by Crippen LogP contribution is -2.57. The van der Waals surface area contributed by atoms with Gasteiger partial charge in [-0.05, 0) is 36.0 Å². The number of rotatable bonds is 12. The maximum Gasteiger partial charge on any atom is 0.326 e. The van der Waals surface area contributed by atoms with E-state index in [9.17, 15) is 29.4 Å². The number of hydrogen-bond acceptors (Lipinski definition) is 6. The van der Waals surface area contributed by atoms with E-state index in [0.29, 0.717) is 5.56 Å². The second kappa shape index (κ2) is 12.7. The Hall–Kier alpha value is -3.14. The molecule has 0 saturated carbocycles. The average molecular weight is 451 g/mol. The molecule has 178 valence electrons. The quantitative estimate of drug-likeness (QED) is 0.263. The fraction of sp³-hybridized carbons (Fsp3) is 0.545. The second-order valence-electron chi connectivity index (χ2n) is 8.45. The molecule has 0 aliphatic heterocycles. The van der Waals surface area contributed by atoms with Gasteiger partial charge in [0, 0.05) is 6.42 Å². The summed E-state index contributed by atoms with van der Waals surface area (Å²) in [5.41, 5.74) is 5.93. The van der Waals surface area contributed by atoms with Crippen LogP contribution in [0.15, 0.2) is 24.3 Å². The highest BCUT2D eigenvalue weighted by Crippen LogP contribution is 2.13. The fourth-order valence-corrected chi connectivity index (χ4v) is 3.07. The Morgan fingerprint density at radius 2 is 1.47 bits per heavy atom. The monoisotopic (exact) mass is 450 g/mol. The van der Waals surface area contributed by atoms with Gasteiger partial charge in [-0.25, -0.2) is 4.79 Å². The molecule has 32 heavy (non-hydrogen) atoms. The SMILES string of the molecule is CC(C)CC(NC(=O)C(NC(=O)CN)C(C)C)C(=O)NC(Cc1ccc(O)cc1)C(=O)O. The van der Waals surface area contributed by atoms with Crippen molar-refractivity contribution in [1.82, 2.24) is 16.0 Å². The first-order valence-electron chi connectivity index (χ1n) is 10.5. The van der Waals surface area contributed by atoms with Crippen molar-refractivity contribution in [2.45, 2.75) is 58.7 Å². The molecule has 0 saturated heterocycles. The van der Waals surface area contributed by atoms with Gasteiger partial charge in [0.1, 0.15) is 23.9 Å². The van der Waals surface area contributed by atoms with Crippen molar-refractivity contribution in [2.24, 2.45) is 17.6 Å². The van der Waals surface area contributed by atoms with Crippen molar-refractivity contribution in [3.8, 4) is 5.75 Å². The molecule has 0 bridgehead atoms. The van der Waals surface area contributed by atoms with E-state index in [1.54, 1.807) is 26.0 Å². The number of carbonyl (C=O) groups excluding carboxylic acids is 3. The molecule has 1 aromatic rings. The number of phenols is 1. The molecule has 0 aliphatic rings. The van der Waals surface area contributed by atoms with Crippen LogP contribution in [0.2, 0.25) is 0 Å². The molecule has 3 unspecified atom stereocenters. The number of amides is 3. The second-order valence-corrected chi connectivity index (χ2v) is 8.45. The minimum Gasteiger partial charge on any atom is -0.508 e. The van der Waals surface area contributed by atoms with Crippen LogP contribution in [0.1, 0.15) is 39.7 Å². The van der Waals surface area contributed by atoms with Gasteiger partial charge in [0.05, 0.1) is 6.54 Å². The number of aliphatic carboxylic acids is 1. The summed E-state index contributed by atoms with van der Waals surface area (Å²) in [5.74, 6) is -3.08. The van der Waals surface area contributed by atoms with Crippen LogP contribution in [0, 0.1) is 11.8 Å². The van der Waals surface area contributed by atoms with Gasteiger partial charge in [-0.2, -0.15) is 0 Å². The number of hydrogen-bond donors (Lipinski definition) is 6. The minimum atomic E-state index is -1.23. The third-order valence-electron chi connectivity index (χ3n) is 4.78. The van der Waals surface area contributed by atoms with Gasteiger partial charge in [-0.3, -0.25) is 14.4 Å². The number of nitrogens with one attached hydrogen (secondary N) is 3. The number of nitrogens with two attached hydrogens (primary N) is 1. The molecular formula is C22H34N4O6. The zero-order valence-corrected chi connectivity index (χ0v) is 18.9. The van der Waals surface area contributed by atoms with Crippen LogP contribution in [0.25, 0.3) is 0 Å². The predicted molar refractivity (Wildman–Crippen MR) is 119 cm³/mol. The van der Waals surface area contributed by atoms with E-state index in [-0.39, 0.29) is 37.0 Å². The number of carboxylic acids is 1. The first-order valence-corrected chi connectivity index (χ1v) is 10.5. The first kappa shape index (κ1) is 26.9. The smallest absolute Gasteiger partial charge is 0.326 e. The van der Waals surface area contributed by atoms with Crippen molar-refractivity contribution in [1.29, 1.82) is 0 Å². The summed E-state index contributed by atoms with van der Waals surface area (Å²) in [6.07, 6.45) is 0.281. The van der Waals surface area contributed by atoms with Crippen LogP contribution in [0.5, 0.6) is 5.75 Å².